The fourth-order valence-corrected chi connectivity index (χ4v) is 1.64. The summed E-state index contributed by atoms with van der Waals surface area (Å²) in [5, 5.41) is 0. The van der Waals surface area contributed by atoms with Gasteiger partial charge in [0.15, 0.2) is 0 Å². The van der Waals surface area contributed by atoms with Crippen LogP contribution in [0.3, 0.4) is 0 Å². The number of hydrogen-bond donors (Lipinski definition) is 0. The highest BCUT2D eigenvalue weighted by molar-refractivity contribution is 4.57. The van der Waals surface area contributed by atoms with Crippen molar-refractivity contribution in [2.45, 2.75) is 6.42 Å². The van der Waals surface area contributed by atoms with Crippen LogP contribution in [-0.4, -0.2) is 92.1 Å². The molecular formula is C14H31NO5. The van der Waals surface area contributed by atoms with E-state index in [1.165, 1.54) is 0 Å². The molecule has 0 heterocycles. The first-order valence-electron chi connectivity index (χ1n) is 7.19. The van der Waals surface area contributed by atoms with Crippen LogP contribution in [0.4, 0.5) is 0 Å². The second-order valence-electron chi connectivity index (χ2n) is 4.40. The third-order valence-corrected chi connectivity index (χ3v) is 2.79. The van der Waals surface area contributed by atoms with Crippen LogP contribution in [0.2, 0.25) is 0 Å². The largest absolute Gasteiger partial charge is 0.385 e. The average molecular weight is 293 g/mol. The van der Waals surface area contributed by atoms with Gasteiger partial charge in [-0.05, 0) is 6.42 Å². The number of nitrogens with zero attached hydrogens (tertiary/aromatic N) is 1. The molecule has 6 heteroatoms. The normalized spacial score (nSPS) is 11.4. The highest BCUT2D eigenvalue weighted by Gasteiger charge is 2.04. The van der Waals surface area contributed by atoms with E-state index in [9.17, 15) is 0 Å². The van der Waals surface area contributed by atoms with Crippen LogP contribution in [0.5, 0.6) is 0 Å². The molecule has 20 heavy (non-hydrogen) atoms. The zero-order valence-electron chi connectivity index (χ0n) is 13.3. The Morgan fingerprint density at radius 2 is 1.05 bits per heavy atom. The van der Waals surface area contributed by atoms with Gasteiger partial charge in [-0.25, -0.2) is 0 Å². The lowest BCUT2D eigenvalue weighted by Crippen LogP contribution is -2.33. The van der Waals surface area contributed by atoms with Crippen molar-refractivity contribution in [2.75, 3.05) is 87.2 Å². The molecule has 122 valence electrons. The average Bonchev–Trinajstić information content (AvgIpc) is 2.46. The van der Waals surface area contributed by atoms with Crippen molar-refractivity contribution < 1.29 is 23.7 Å². The van der Waals surface area contributed by atoms with Crippen LogP contribution in [-0.2, 0) is 23.7 Å². The van der Waals surface area contributed by atoms with Crippen molar-refractivity contribution in [1.29, 1.82) is 0 Å². The summed E-state index contributed by atoms with van der Waals surface area (Å²) in [5.74, 6) is 0. The summed E-state index contributed by atoms with van der Waals surface area (Å²) in [6.07, 6.45) is 1.02. The summed E-state index contributed by atoms with van der Waals surface area (Å²) >= 11 is 0. The molecular weight excluding hydrogens is 262 g/mol. The van der Waals surface area contributed by atoms with Crippen molar-refractivity contribution in [3.63, 3.8) is 0 Å². The molecule has 0 atom stereocenters. The molecule has 0 saturated heterocycles. The van der Waals surface area contributed by atoms with E-state index in [1.807, 2.05) is 0 Å². The molecule has 0 saturated carbocycles. The SMILES string of the molecule is COCCCN(CCOCCOC)CCOCCOC. The Kier molecular flexibility index (Phi) is 16.6. The van der Waals surface area contributed by atoms with Gasteiger partial charge in [-0.15, -0.1) is 0 Å². The minimum absolute atomic E-state index is 0.643. The van der Waals surface area contributed by atoms with E-state index in [2.05, 4.69) is 4.90 Å². The second kappa shape index (κ2) is 16.8. The van der Waals surface area contributed by atoms with Crippen LogP contribution in [0.25, 0.3) is 0 Å². The first-order chi connectivity index (χ1) is 9.85. The number of hydrogen-bond acceptors (Lipinski definition) is 6. The summed E-state index contributed by atoms with van der Waals surface area (Å²) in [4.78, 5) is 2.33. The quantitative estimate of drug-likeness (QED) is 0.390. The highest BCUT2D eigenvalue weighted by Crippen LogP contribution is 1.94. The predicted molar refractivity (Wildman–Crippen MR) is 78.3 cm³/mol. The zero-order valence-corrected chi connectivity index (χ0v) is 13.3. The van der Waals surface area contributed by atoms with Gasteiger partial charge in [-0.1, -0.05) is 0 Å². The molecule has 0 bridgehead atoms. The molecule has 0 aromatic heterocycles. The fraction of sp³-hybridized carbons (Fsp3) is 1.00. The molecule has 0 aromatic carbocycles. The van der Waals surface area contributed by atoms with Gasteiger partial charge in [0.1, 0.15) is 0 Å². The van der Waals surface area contributed by atoms with Crippen molar-refractivity contribution in [3.05, 3.63) is 0 Å². The van der Waals surface area contributed by atoms with Gasteiger partial charge >= 0.3 is 0 Å². The van der Waals surface area contributed by atoms with Gasteiger partial charge in [-0.3, -0.25) is 4.90 Å². The van der Waals surface area contributed by atoms with E-state index in [-0.39, 0.29) is 0 Å². The molecule has 0 amide bonds. The first-order valence-corrected chi connectivity index (χ1v) is 7.19. The lowest BCUT2D eigenvalue weighted by molar-refractivity contribution is 0.0364. The second-order valence-corrected chi connectivity index (χ2v) is 4.40. The lowest BCUT2D eigenvalue weighted by atomic mass is 10.4. The van der Waals surface area contributed by atoms with Crippen LogP contribution in [0.1, 0.15) is 6.42 Å². The van der Waals surface area contributed by atoms with Crippen molar-refractivity contribution in [2.24, 2.45) is 0 Å². The van der Waals surface area contributed by atoms with Crippen LogP contribution in [0, 0.1) is 0 Å². The summed E-state index contributed by atoms with van der Waals surface area (Å²) in [6, 6.07) is 0. The van der Waals surface area contributed by atoms with Gasteiger partial charge in [0.2, 0.25) is 0 Å². The van der Waals surface area contributed by atoms with E-state index >= 15 is 0 Å². The van der Waals surface area contributed by atoms with Gasteiger partial charge in [0.25, 0.3) is 0 Å². The third kappa shape index (κ3) is 14.2. The smallest absolute Gasteiger partial charge is 0.0700 e. The standard InChI is InChI=1S/C14H31NO5/c1-16-8-4-5-15(6-9-19-13-11-17-2)7-10-20-14-12-18-3/h4-14H2,1-3H3. The molecule has 6 nitrogen and oxygen atoms in total. The topological polar surface area (TPSA) is 49.4 Å². The molecule has 0 aromatic rings. The minimum atomic E-state index is 0.643. The van der Waals surface area contributed by atoms with Gasteiger partial charge in [0.05, 0.1) is 39.6 Å². The first kappa shape index (κ1) is 19.8. The van der Waals surface area contributed by atoms with E-state index in [0.717, 1.165) is 32.7 Å². The van der Waals surface area contributed by atoms with E-state index in [4.69, 9.17) is 23.7 Å². The Morgan fingerprint density at radius 1 is 0.550 bits per heavy atom. The Morgan fingerprint density at radius 3 is 1.50 bits per heavy atom. The molecule has 0 N–H and O–H groups in total. The molecule has 0 radical (unpaired) electrons. The van der Waals surface area contributed by atoms with E-state index < -0.39 is 0 Å². The molecule has 0 aliphatic rings. The predicted octanol–water partition coefficient (Wildman–Crippen LogP) is 0.651. The minimum Gasteiger partial charge on any atom is -0.385 e. The van der Waals surface area contributed by atoms with E-state index in [1.54, 1.807) is 21.3 Å². The summed E-state index contributed by atoms with van der Waals surface area (Å²) < 4.78 is 26.0. The molecule has 0 aliphatic carbocycles. The molecule has 0 spiro atoms. The number of ether oxygens (including phenoxy) is 5. The lowest BCUT2D eigenvalue weighted by Gasteiger charge is -2.22. The summed E-state index contributed by atoms with van der Waals surface area (Å²) in [6.45, 7) is 7.60. The maximum atomic E-state index is 5.50. The van der Waals surface area contributed by atoms with E-state index in [0.29, 0.717) is 39.6 Å². The highest BCUT2D eigenvalue weighted by atomic mass is 16.5. The van der Waals surface area contributed by atoms with Crippen LogP contribution >= 0.6 is 0 Å². The fourth-order valence-electron chi connectivity index (χ4n) is 1.64. The van der Waals surface area contributed by atoms with Crippen molar-refractivity contribution >= 4 is 0 Å². The molecule has 0 unspecified atom stereocenters. The Hall–Kier alpha value is -0.240. The maximum absolute atomic E-state index is 5.50. The van der Waals surface area contributed by atoms with Gasteiger partial charge in [-0.2, -0.15) is 0 Å². The number of methoxy groups -OCH3 is 3. The number of rotatable bonds is 16. The Labute approximate surface area is 123 Å². The third-order valence-electron chi connectivity index (χ3n) is 2.79. The van der Waals surface area contributed by atoms with Crippen molar-refractivity contribution in [3.8, 4) is 0 Å². The monoisotopic (exact) mass is 293 g/mol. The summed E-state index contributed by atoms with van der Waals surface area (Å²) in [5.41, 5.74) is 0. The molecule has 0 rings (SSSR count). The van der Waals surface area contributed by atoms with Crippen LogP contribution in [0.15, 0.2) is 0 Å². The van der Waals surface area contributed by atoms with Crippen LogP contribution < -0.4 is 0 Å². The maximum Gasteiger partial charge on any atom is 0.0700 e. The molecule has 0 aliphatic heterocycles. The Balaban J connectivity index is 3.64. The molecule has 0 fully saturated rings. The van der Waals surface area contributed by atoms with Gasteiger partial charge in [0, 0.05) is 47.6 Å². The Bertz CT molecular complexity index is 169. The van der Waals surface area contributed by atoms with Gasteiger partial charge < -0.3 is 23.7 Å². The summed E-state index contributed by atoms with van der Waals surface area (Å²) in [7, 11) is 5.08. The zero-order chi connectivity index (χ0) is 14.9. The van der Waals surface area contributed by atoms with Crippen molar-refractivity contribution in [1.82, 2.24) is 4.90 Å².